The zero-order valence-corrected chi connectivity index (χ0v) is 31.3. The molecule has 288 valence electrons. The second-order valence-electron chi connectivity index (χ2n) is 13.4. The second-order valence-corrected chi connectivity index (χ2v) is 13.4. The number of rotatable bonds is 16. The second kappa shape index (κ2) is 18.0. The van der Waals surface area contributed by atoms with E-state index >= 15 is 4.79 Å². The van der Waals surface area contributed by atoms with Gasteiger partial charge in [-0.2, -0.15) is 0 Å². The summed E-state index contributed by atoms with van der Waals surface area (Å²) in [6.07, 6.45) is 0.914. The third kappa shape index (κ3) is 8.60. The van der Waals surface area contributed by atoms with Crippen LogP contribution in [0.3, 0.4) is 0 Å². The SMILES string of the molecule is CCOC(=O)CC1[C@@H]2[C@@H](NC(=O)c3ccc(OC)c(OC)c3)c3cc(OCCCO)ccc3N2C(=O)[C@H](Cc2ccccc2)N1C(=O)CCc1ccccc1. The average molecular weight is 750 g/mol. The average Bonchev–Trinajstić information content (AvgIpc) is 3.52. The highest BCUT2D eigenvalue weighted by atomic mass is 16.5. The maximum Gasteiger partial charge on any atom is 0.307 e. The Hall–Kier alpha value is -5.88. The summed E-state index contributed by atoms with van der Waals surface area (Å²) < 4.78 is 22.3. The van der Waals surface area contributed by atoms with E-state index in [-0.39, 0.29) is 56.5 Å². The molecule has 3 amide bonds. The Labute approximate surface area is 320 Å². The maximum atomic E-state index is 15.1. The molecule has 2 N–H and O–H groups in total. The molecule has 55 heavy (non-hydrogen) atoms. The van der Waals surface area contributed by atoms with Gasteiger partial charge < -0.3 is 39.2 Å². The number of nitrogens with zero attached hydrogens (tertiary/aromatic N) is 2. The predicted molar refractivity (Wildman–Crippen MR) is 205 cm³/mol. The van der Waals surface area contributed by atoms with Crippen LogP contribution in [0.25, 0.3) is 0 Å². The molecule has 6 rings (SSSR count). The molecule has 0 aliphatic carbocycles. The first kappa shape index (κ1) is 38.8. The number of hydrogen-bond acceptors (Lipinski definition) is 9. The minimum atomic E-state index is -0.963. The van der Waals surface area contributed by atoms with Gasteiger partial charge in [0.05, 0.1) is 52.0 Å². The first-order valence-corrected chi connectivity index (χ1v) is 18.6. The van der Waals surface area contributed by atoms with Crippen molar-refractivity contribution in [2.24, 2.45) is 0 Å². The minimum absolute atomic E-state index is 0.0498. The summed E-state index contributed by atoms with van der Waals surface area (Å²) in [5.41, 5.74) is 3.20. The van der Waals surface area contributed by atoms with Crippen molar-refractivity contribution in [2.75, 3.05) is 38.9 Å². The molecule has 1 unspecified atom stereocenters. The van der Waals surface area contributed by atoms with Gasteiger partial charge >= 0.3 is 5.97 Å². The van der Waals surface area contributed by atoms with Crippen LogP contribution in [0.4, 0.5) is 5.69 Å². The monoisotopic (exact) mass is 749 g/mol. The first-order chi connectivity index (χ1) is 26.8. The van der Waals surface area contributed by atoms with Crippen LogP contribution in [0.2, 0.25) is 0 Å². The lowest BCUT2D eigenvalue weighted by Gasteiger charge is -2.50. The van der Waals surface area contributed by atoms with Crippen LogP contribution in [0.1, 0.15) is 59.3 Å². The number of amides is 3. The lowest BCUT2D eigenvalue weighted by atomic mass is 9.87. The summed E-state index contributed by atoms with van der Waals surface area (Å²) in [7, 11) is 2.98. The fourth-order valence-corrected chi connectivity index (χ4v) is 7.56. The van der Waals surface area contributed by atoms with Gasteiger partial charge in [-0.15, -0.1) is 0 Å². The highest BCUT2D eigenvalue weighted by molar-refractivity contribution is 6.05. The molecule has 12 heteroatoms. The van der Waals surface area contributed by atoms with Crippen LogP contribution in [0.5, 0.6) is 17.2 Å². The topological polar surface area (TPSA) is 144 Å². The molecule has 0 spiro atoms. The molecule has 1 saturated heterocycles. The lowest BCUT2D eigenvalue weighted by molar-refractivity contribution is -0.153. The minimum Gasteiger partial charge on any atom is -0.493 e. The number of anilines is 1. The van der Waals surface area contributed by atoms with Crippen molar-refractivity contribution < 1.29 is 43.2 Å². The van der Waals surface area contributed by atoms with E-state index in [1.54, 1.807) is 53.1 Å². The molecule has 0 saturated carbocycles. The number of carbonyl (C=O) groups is 4. The van der Waals surface area contributed by atoms with Crippen molar-refractivity contribution in [3.8, 4) is 17.2 Å². The Morgan fingerprint density at radius 2 is 1.56 bits per heavy atom. The number of nitrogens with one attached hydrogen (secondary N) is 1. The summed E-state index contributed by atoms with van der Waals surface area (Å²) in [5, 5.41) is 12.5. The van der Waals surface area contributed by atoms with Gasteiger partial charge in [-0.25, -0.2) is 0 Å². The van der Waals surface area contributed by atoms with Crippen molar-refractivity contribution in [3.05, 3.63) is 119 Å². The zero-order valence-electron chi connectivity index (χ0n) is 31.3. The van der Waals surface area contributed by atoms with Gasteiger partial charge in [0.25, 0.3) is 11.8 Å². The van der Waals surface area contributed by atoms with Crippen molar-refractivity contribution in [1.29, 1.82) is 0 Å². The Balaban J connectivity index is 1.47. The highest BCUT2D eigenvalue weighted by Crippen LogP contribution is 2.48. The van der Waals surface area contributed by atoms with Crippen LogP contribution in [0.15, 0.2) is 97.1 Å². The van der Waals surface area contributed by atoms with Crippen LogP contribution in [-0.2, 0) is 32.0 Å². The Bertz CT molecular complexity index is 1970. The van der Waals surface area contributed by atoms with Crippen molar-refractivity contribution in [2.45, 2.75) is 63.2 Å². The summed E-state index contributed by atoms with van der Waals surface area (Å²) in [6, 6.07) is 25.5. The van der Waals surface area contributed by atoms with E-state index < -0.39 is 36.0 Å². The molecule has 1 fully saturated rings. The molecule has 0 bridgehead atoms. The van der Waals surface area contributed by atoms with Gasteiger partial charge in [-0.05, 0) is 60.9 Å². The number of aliphatic hydroxyl groups is 1. The first-order valence-electron chi connectivity index (χ1n) is 18.6. The Morgan fingerprint density at radius 3 is 2.24 bits per heavy atom. The highest BCUT2D eigenvalue weighted by Gasteiger charge is 2.57. The van der Waals surface area contributed by atoms with Gasteiger partial charge in [0.15, 0.2) is 11.5 Å². The van der Waals surface area contributed by atoms with Gasteiger partial charge in [-0.3, -0.25) is 19.2 Å². The molecule has 4 aromatic carbocycles. The van der Waals surface area contributed by atoms with E-state index in [1.807, 2.05) is 60.7 Å². The van der Waals surface area contributed by atoms with Crippen LogP contribution in [-0.4, -0.2) is 85.9 Å². The third-order valence-corrected chi connectivity index (χ3v) is 10.1. The number of carbonyl (C=O) groups excluding carboxylic acids is 4. The molecule has 0 radical (unpaired) electrons. The summed E-state index contributed by atoms with van der Waals surface area (Å²) in [5.74, 6) is -0.349. The smallest absolute Gasteiger partial charge is 0.307 e. The Morgan fingerprint density at radius 1 is 0.855 bits per heavy atom. The number of piperazine rings is 1. The van der Waals surface area contributed by atoms with Crippen molar-refractivity contribution in [3.63, 3.8) is 0 Å². The molecule has 2 heterocycles. The molecule has 2 aliphatic rings. The zero-order chi connectivity index (χ0) is 38.9. The number of aryl methyl sites for hydroxylation is 1. The van der Waals surface area contributed by atoms with Gasteiger partial charge in [0.2, 0.25) is 5.91 Å². The molecule has 0 aromatic heterocycles. The number of esters is 1. The van der Waals surface area contributed by atoms with Gasteiger partial charge in [0, 0.05) is 42.7 Å². The van der Waals surface area contributed by atoms with Crippen molar-refractivity contribution in [1.82, 2.24) is 10.2 Å². The number of benzene rings is 4. The van der Waals surface area contributed by atoms with E-state index in [2.05, 4.69) is 5.32 Å². The fraction of sp³-hybridized carbons (Fsp3) is 0.349. The number of ether oxygens (including phenoxy) is 4. The van der Waals surface area contributed by atoms with Gasteiger partial charge in [0.1, 0.15) is 11.8 Å². The van der Waals surface area contributed by atoms with E-state index in [0.717, 1.165) is 11.1 Å². The third-order valence-electron chi connectivity index (χ3n) is 10.1. The predicted octanol–water partition coefficient (Wildman–Crippen LogP) is 5.06. The van der Waals surface area contributed by atoms with Crippen LogP contribution >= 0.6 is 0 Å². The number of methoxy groups -OCH3 is 2. The summed E-state index contributed by atoms with van der Waals surface area (Å²) >= 11 is 0. The van der Waals surface area contributed by atoms with E-state index in [0.29, 0.717) is 41.3 Å². The summed E-state index contributed by atoms with van der Waals surface area (Å²) in [6.45, 7) is 2.04. The molecular weight excluding hydrogens is 702 g/mol. The Kier molecular flexibility index (Phi) is 12.7. The number of fused-ring (bicyclic) bond motifs is 3. The quantitative estimate of drug-likeness (QED) is 0.119. The van der Waals surface area contributed by atoms with E-state index in [1.165, 1.54) is 14.2 Å². The van der Waals surface area contributed by atoms with Gasteiger partial charge in [-0.1, -0.05) is 60.7 Å². The molecule has 4 atom stereocenters. The largest absolute Gasteiger partial charge is 0.493 e. The molecule has 4 aromatic rings. The van der Waals surface area contributed by atoms with Crippen LogP contribution in [0, 0.1) is 0 Å². The molecular formula is C43H47N3O9. The normalized spacial score (nSPS) is 18.6. The van der Waals surface area contributed by atoms with Crippen molar-refractivity contribution >= 4 is 29.4 Å². The lowest BCUT2D eigenvalue weighted by Crippen LogP contribution is -2.70. The molecule has 2 aliphatic heterocycles. The van der Waals surface area contributed by atoms with E-state index in [9.17, 15) is 19.5 Å². The van der Waals surface area contributed by atoms with E-state index in [4.69, 9.17) is 18.9 Å². The molecule has 12 nitrogen and oxygen atoms in total. The summed E-state index contributed by atoms with van der Waals surface area (Å²) in [4.78, 5) is 60.7. The van der Waals surface area contributed by atoms with Crippen LogP contribution < -0.4 is 24.4 Å². The standard InChI is InChI=1S/C43H47N3O9/c1-4-54-39(49)27-34-41-40(44-42(50)30-17-20-36(52-2)37(25-30)53-3)32-26-31(55-23-11-22-47)18-19-33(32)46(41)43(51)35(24-29-14-9-6-10-15-29)45(34)38(48)21-16-28-12-7-5-8-13-28/h5-10,12-15,17-20,25-26,34-35,40-41,47H,4,11,16,21-24,27H2,1-3H3,(H,44,50)/t34?,35-,40-,41+/m0/s1. The fourth-order valence-electron chi connectivity index (χ4n) is 7.56. The maximum absolute atomic E-state index is 15.1. The number of hydrogen-bond donors (Lipinski definition) is 2. The number of aliphatic hydroxyl groups excluding tert-OH is 1.